The summed E-state index contributed by atoms with van der Waals surface area (Å²) < 4.78 is 0. The van der Waals surface area contributed by atoms with Gasteiger partial charge in [0.2, 0.25) is 0 Å². The Morgan fingerprint density at radius 3 is 2.50 bits per heavy atom. The van der Waals surface area contributed by atoms with Crippen LogP contribution in [-0.2, 0) is 0 Å². The topological polar surface area (TPSA) is 20.2 Å². The van der Waals surface area contributed by atoms with Gasteiger partial charge in [0.1, 0.15) is 0 Å². The standard InChI is InChI=1S/C13H24O/c1-10-5-8-13(14)12(9-10)7-6-11-3-2-4-11/h10-14H,2-9H2,1H3. The Morgan fingerprint density at radius 2 is 1.86 bits per heavy atom. The molecule has 3 atom stereocenters. The van der Waals surface area contributed by atoms with Gasteiger partial charge >= 0.3 is 0 Å². The Morgan fingerprint density at radius 1 is 1.07 bits per heavy atom. The van der Waals surface area contributed by atoms with E-state index >= 15 is 0 Å². The Balaban J connectivity index is 1.71. The van der Waals surface area contributed by atoms with Crippen LogP contribution in [0.2, 0.25) is 0 Å². The minimum absolute atomic E-state index is 0.0197. The summed E-state index contributed by atoms with van der Waals surface area (Å²) in [4.78, 5) is 0. The molecule has 2 saturated carbocycles. The van der Waals surface area contributed by atoms with Crippen molar-refractivity contribution in [3.05, 3.63) is 0 Å². The molecular formula is C13H24O. The van der Waals surface area contributed by atoms with Gasteiger partial charge < -0.3 is 5.11 Å². The van der Waals surface area contributed by atoms with Crippen LogP contribution in [0.1, 0.15) is 58.3 Å². The van der Waals surface area contributed by atoms with Gasteiger partial charge in [-0.3, -0.25) is 0 Å². The number of aliphatic hydroxyl groups is 1. The van der Waals surface area contributed by atoms with E-state index < -0.39 is 0 Å². The van der Waals surface area contributed by atoms with Gasteiger partial charge in [-0.25, -0.2) is 0 Å². The summed E-state index contributed by atoms with van der Waals surface area (Å²) in [6.45, 7) is 2.34. The molecule has 2 aliphatic rings. The first-order valence-corrected chi connectivity index (χ1v) is 6.43. The third kappa shape index (κ3) is 2.50. The van der Waals surface area contributed by atoms with Crippen molar-refractivity contribution in [3.8, 4) is 0 Å². The highest BCUT2D eigenvalue weighted by Gasteiger charge is 2.28. The van der Waals surface area contributed by atoms with Gasteiger partial charge in [-0.15, -0.1) is 0 Å². The SMILES string of the molecule is CC1CCC(O)C(CCC2CCC2)C1. The molecule has 82 valence electrons. The molecule has 0 radical (unpaired) electrons. The second-order valence-corrected chi connectivity index (χ2v) is 5.62. The smallest absolute Gasteiger partial charge is 0.0568 e. The van der Waals surface area contributed by atoms with E-state index in [1.807, 2.05) is 0 Å². The van der Waals surface area contributed by atoms with Crippen LogP contribution in [0.4, 0.5) is 0 Å². The van der Waals surface area contributed by atoms with E-state index in [1.54, 1.807) is 0 Å². The van der Waals surface area contributed by atoms with Gasteiger partial charge in [0.15, 0.2) is 0 Å². The molecule has 0 amide bonds. The van der Waals surface area contributed by atoms with Crippen LogP contribution in [0.15, 0.2) is 0 Å². The molecule has 2 aliphatic carbocycles. The van der Waals surface area contributed by atoms with Crippen LogP contribution in [0.25, 0.3) is 0 Å². The summed E-state index contributed by atoms with van der Waals surface area (Å²) in [6, 6.07) is 0. The number of hydrogen-bond donors (Lipinski definition) is 1. The van der Waals surface area contributed by atoms with Crippen molar-refractivity contribution in [1.29, 1.82) is 0 Å². The van der Waals surface area contributed by atoms with Crippen molar-refractivity contribution in [2.24, 2.45) is 17.8 Å². The van der Waals surface area contributed by atoms with Gasteiger partial charge in [0, 0.05) is 0 Å². The molecule has 1 nitrogen and oxygen atoms in total. The van der Waals surface area contributed by atoms with Crippen molar-refractivity contribution >= 4 is 0 Å². The fraction of sp³-hybridized carbons (Fsp3) is 1.00. The Hall–Kier alpha value is -0.0400. The van der Waals surface area contributed by atoms with E-state index in [0.717, 1.165) is 18.3 Å². The van der Waals surface area contributed by atoms with Gasteiger partial charge in [-0.2, -0.15) is 0 Å². The van der Waals surface area contributed by atoms with E-state index in [4.69, 9.17) is 0 Å². The summed E-state index contributed by atoms with van der Waals surface area (Å²) in [6.07, 6.45) is 10.6. The summed E-state index contributed by atoms with van der Waals surface area (Å²) >= 11 is 0. The quantitative estimate of drug-likeness (QED) is 0.734. The first-order valence-electron chi connectivity index (χ1n) is 6.43. The average Bonchev–Trinajstić information content (AvgIpc) is 2.08. The summed E-state index contributed by atoms with van der Waals surface area (Å²) in [5.41, 5.74) is 0. The molecule has 1 N–H and O–H groups in total. The highest BCUT2D eigenvalue weighted by molar-refractivity contribution is 4.80. The van der Waals surface area contributed by atoms with E-state index in [9.17, 15) is 5.11 Å². The number of aliphatic hydroxyl groups excluding tert-OH is 1. The molecule has 14 heavy (non-hydrogen) atoms. The second-order valence-electron chi connectivity index (χ2n) is 5.62. The average molecular weight is 196 g/mol. The van der Waals surface area contributed by atoms with Gasteiger partial charge in [-0.05, 0) is 43.4 Å². The van der Waals surface area contributed by atoms with Crippen LogP contribution in [0, 0.1) is 17.8 Å². The molecule has 0 aromatic carbocycles. The third-order valence-electron chi connectivity index (χ3n) is 4.37. The molecule has 1 heteroatoms. The fourth-order valence-electron chi connectivity index (χ4n) is 3.02. The van der Waals surface area contributed by atoms with Crippen molar-refractivity contribution in [3.63, 3.8) is 0 Å². The lowest BCUT2D eigenvalue weighted by Crippen LogP contribution is -2.29. The zero-order valence-electron chi connectivity index (χ0n) is 9.41. The molecule has 0 spiro atoms. The van der Waals surface area contributed by atoms with Crippen molar-refractivity contribution < 1.29 is 5.11 Å². The number of hydrogen-bond acceptors (Lipinski definition) is 1. The predicted octanol–water partition coefficient (Wildman–Crippen LogP) is 3.36. The van der Waals surface area contributed by atoms with Gasteiger partial charge in [0.25, 0.3) is 0 Å². The first-order chi connectivity index (χ1) is 6.75. The fourth-order valence-corrected chi connectivity index (χ4v) is 3.02. The van der Waals surface area contributed by atoms with Crippen LogP contribution in [0.5, 0.6) is 0 Å². The van der Waals surface area contributed by atoms with Gasteiger partial charge in [-0.1, -0.05) is 32.6 Å². The monoisotopic (exact) mass is 196 g/mol. The molecule has 0 aromatic rings. The molecule has 0 aromatic heterocycles. The zero-order chi connectivity index (χ0) is 9.97. The van der Waals surface area contributed by atoms with Crippen molar-refractivity contribution in [1.82, 2.24) is 0 Å². The lowest BCUT2D eigenvalue weighted by molar-refractivity contribution is 0.0418. The number of rotatable bonds is 3. The van der Waals surface area contributed by atoms with Crippen molar-refractivity contribution in [2.75, 3.05) is 0 Å². The molecule has 0 bridgehead atoms. The third-order valence-corrected chi connectivity index (χ3v) is 4.37. The van der Waals surface area contributed by atoms with E-state index in [-0.39, 0.29) is 6.10 Å². The maximum Gasteiger partial charge on any atom is 0.0568 e. The zero-order valence-corrected chi connectivity index (χ0v) is 9.41. The van der Waals surface area contributed by atoms with Gasteiger partial charge in [0.05, 0.1) is 6.10 Å². The lowest BCUT2D eigenvalue weighted by Gasteiger charge is -2.34. The van der Waals surface area contributed by atoms with E-state index in [0.29, 0.717) is 5.92 Å². The molecule has 2 rings (SSSR count). The largest absolute Gasteiger partial charge is 0.393 e. The summed E-state index contributed by atoms with van der Waals surface area (Å²) in [5.74, 6) is 2.49. The molecular weight excluding hydrogens is 172 g/mol. The Bertz CT molecular complexity index is 174. The maximum absolute atomic E-state index is 9.89. The molecule has 0 saturated heterocycles. The van der Waals surface area contributed by atoms with Crippen LogP contribution >= 0.6 is 0 Å². The van der Waals surface area contributed by atoms with Crippen LogP contribution in [0.3, 0.4) is 0 Å². The second kappa shape index (κ2) is 4.65. The van der Waals surface area contributed by atoms with Crippen LogP contribution in [-0.4, -0.2) is 11.2 Å². The maximum atomic E-state index is 9.89. The normalized spacial score (nSPS) is 39.4. The molecule has 0 aliphatic heterocycles. The highest BCUT2D eigenvalue weighted by Crippen LogP contribution is 2.36. The Kier molecular flexibility index (Phi) is 3.48. The first kappa shape index (κ1) is 10.5. The minimum atomic E-state index is 0.0197. The summed E-state index contributed by atoms with van der Waals surface area (Å²) in [5, 5.41) is 9.89. The minimum Gasteiger partial charge on any atom is -0.393 e. The van der Waals surface area contributed by atoms with E-state index in [2.05, 4.69) is 6.92 Å². The molecule has 2 fully saturated rings. The highest BCUT2D eigenvalue weighted by atomic mass is 16.3. The Labute approximate surface area is 87.9 Å². The molecule has 3 unspecified atom stereocenters. The summed E-state index contributed by atoms with van der Waals surface area (Å²) in [7, 11) is 0. The predicted molar refractivity (Wildman–Crippen MR) is 59.1 cm³/mol. The van der Waals surface area contributed by atoms with E-state index in [1.165, 1.54) is 44.9 Å². The lowest BCUT2D eigenvalue weighted by atomic mass is 9.74. The van der Waals surface area contributed by atoms with Crippen molar-refractivity contribution in [2.45, 2.75) is 64.4 Å². The van der Waals surface area contributed by atoms with Crippen LogP contribution < -0.4 is 0 Å². The molecule has 0 heterocycles.